The largest absolute Gasteiger partial charge is 0.417 e. The highest BCUT2D eigenvalue weighted by atomic mass is 19.4. The number of aromatic nitrogens is 4. The molecule has 2 heterocycles. The molecule has 0 atom stereocenters. The second-order valence-corrected chi connectivity index (χ2v) is 6.39. The van der Waals surface area contributed by atoms with Crippen molar-refractivity contribution in [3.8, 4) is 5.82 Å². The van der Waals surface area contributed by atoms with Crippen LogP contribution >= 0.6 is 0 Å². The Hall–Kier alpha value is -3.43. The van der Waals surface area contributed by atoms with Crippen molar-refractivity contribution in [3.05, 3.63) is 75.3 Å². The second kappa shape index (κ2) is 7.90. The van der Waals surface area contributed by atoms with E-state index >= 15 is 0 Å². The van der Waals surface area contributed by atoms with Gasteiger partial charge < -0.3 is 5.32 Å². The summed E-state index contributed by atoms with van der Waals surface area (Å²) < 4.78 is 41.8. The Labute approximate surface area is 163 Å². The highest BCUT2D eigenvalue weighted by molar-refractivity contribution is 5.95. The van der Waals surface area contributed by atoms with Crippen molar-refractivity contribution >= 4 is 5.91 Å². The van der Waals surface area contributed by atoms with Crippen molar-refractivity contribution in [3.63, 3.8) is 0 Å². The number of carbonyl (C=O) groups excluding carboxylic acids is 1. The fourth-order valence-corrected chi connectivity index (χ4v) is 2.87. The Morgan fingerprint density at radius 1 is 1.10 bits per heavy atom. The first-order chi connectivity index (χ1) is 13.7. The Kier molecular flexibility index (Phi) is 5.53. The summed E-state index contributed by atoms with van der Waals surface area (Å²) in [6.07, 6.45) is -4.64. The molecule has 0 unspecified atom stereocenters. The number of carbonyl (C=O) groups is 1. The van der Waals surface area contributed by atoms with Crippen LogP contribution in [0.4, 0.5) is 13.2 Å². The van der Waals surface area contributed by atoms with E-state index in [1.54, 1.807) is 4.68 Å². The van der Waals surface area contributed by atoms with Crippen molar-refractivity contribution < 1.29 is 18.0 Å². The van der Waals surface area contributed by atoms with Crippen molar-refractivity contribution in [2.24, 2.45) is 0 Å². The lowest BCUT2D eigenvalue weighted by atomic mass is 10.1. The van der Waals surface area contributed by atoms with Crippen LogP contribution in [0.15, 0.2) is 47.3 Å². The van der Waals surface area contributed by atoms with Gasteiger partial charge in [-0.1, -0.05) is 12.1 Å². The normalized spacial score (nSPS) is 11.5. The Morgan fingerprint density at radius 2 is 1.83 bits per heavy atom. The van der Waals surface area contributed by atoms with E-state index in [4.69, 9.17) is 0 Å². The minimum Gasteiger partial charge on any atom is -0.350 e. The molecule has 0 spiro atoms. The first-order valence-corrected chi connectivity index (χ1v) is 8.73. The van der Waals surface area contributed by atoms with Crippen molar-refractivity contribution in [2.75, 3.05) is 6.54 Å². The van der Waals surface area contributed by atoms with Crippen LogP contribution in [0.25, 0.3) is 5.82 Å². The molecule has 0 aliphatic heterocycles. The zero-order chi connectivity index (χ0) is 21.2. The van der Waals surface area contributed by atoms with Gasteiger partial charge in [0.25, 0.3) is 11.5 Å². The van der Waals surface area contributed by atoms with Gasteiger partial charge in [0, 0.05) is 18.3 Å². The van der Waals surface area contributed by atoms with Gasteiger partial charge in [0.05, 0.1) is 23.4 Å². The van der Waals surface area contributed by atoms with Gasteiger partial charge in [-0.3, -0.25) is 9.59 Å². The molecule has 0 saturated carbocycles. The quantitative estimate of drug-likeness (QED) is 0.707. The molecule has 0 radical (unpaired) electrons. The van der Waals surface area contributed by atoms with Gasteiger partial charge >= 0.3 is 6.18 Å². The molecule has 1 amide bonds. The average molecular weight is 405 g/mol. The lowest BCUT2D eigenvalue weighted by Gasteiger charge is -2.13. The molecule has 152 valence electrons. The van der Waals surface area contributed by atoms with E-state index in [-0.39, 0.29) is 13.1 Å². The average Bonchev–Trinajstić information content (AvgIpc) is 3.00. The summed E-state index contributed by atoms with van der Waals surface area (Å²) in [5.74, 6) is -0.454. The summed E-state index contributed by atoms with van der Waals surface area (Å²) in [4.78, 5) is 24.2. The molecule has 7 nitrogen and oxygen atoms in total. The number of aryl methyl sites for hydroxylation is 2. The maximum absolute atomic E-state index is 13.0. The van der Waals surface area contributed by atoms with Crippen LogP contribution in [0, 0.1) is 13.8 Å². The monoisotopic (exact) mass is 405 g/mol. The number of benzene rings is 1. The van der Waals surface area contributed by atoms with E-state index in [2.05, 4.69) is 15.5 Å². The molecule has 2 aromatic heterocycles. The predicted molar refractivity (Wildman–Crippen MR) is 98.9 cm³/mol. The molecule has 0 aliphatic rings. The van der Waals surface area contributed by atoms with Gasteiger partial charge in [-0.2, -0.15) is 18.3 Å². The minimum absolute atomic E-state index is 0.00804. The van der Waals surface area contributed by atoms with Gasteiger partial charge in [0.15, 0.2) is 5.82 Å². The Bertz CT molecular complexity index is 1100. The van der Waals surface area contributed by atoms with Crippen molar-refractivity contribution in [2.45, 2.75) is 26.6 Å². The fourth-order valence-electron chi connectivity index (χ4n) is 2.87. The first-order valence-electron chi connectivity index (χ1n) is 8.73. The van der Waals surface area contributed by atoms with Gasteiger partial charge in [0.1, 0.15) is 0 Å². The van der Waals surface area contributed by atoms with Gasteiger partial charge in [-0.25, -0.2) is 9.36 Å². The van der Waals surface area contributed by atoms with Crippen LogP contribution in [0.5, 0.6) is 0 Å². The van der Waals surface area contributed by atoms with E-state index < -0.39 is 28.8 Å². The van der Waals surface area contributed by atoms with E-state index in [1.807, 2.05) is 19.9 Å². The van der Waals surface area contributed by atoms with Gasteiger partial charge in [-0.15, -0.1) is 5.10 Å². The predicted octanol–water partition coefficient (Wildman–Crippen LogP) is 2.49. The summed E-state index contributed by atoms with van der Waals surface area (Å²) in [5.41, 5.74) is -0.272. The summed E-state index contributed by atoms with van der Waals surface area (Å²) in [6, 6.07) is 9.22. The molecule has 1 N–H and O–H groups in total. The summed E-state index contributed by atoms with van der Waals surface area (Å²) in [7, 11) is 0. The number of halogens is 3. The number of rotatable bonds is 5. The number of hydrogen-bond acceptors (Lipinski definition) is 4. The zero-order valence-corrected chi connectivity index (χ0v) is 15.7. The topological polar surface area (TPSA) is 81.8 Å². The zero-order valence-electron chi connectivity index (χ0n) is 15.7. The van der Waals surface area contributed by atoms with Crippen LogP contribution in [0.3, 0.4) is 0 Å². The molecule has 29 heavy (non-hydrogen) atoms. The molecule has 0 fully saturated rings. The highest BCUT2D eigenvalue weighted by Gasteiger charge is 2.34. The molecule has 3 aromatic rings. The fraction of sp³-hybridized carbons (Fsp3) is 0.263. The Morgan fingerprint density at radius 3 is 2.48 bits per heavy atom. The van der Waals surface area contributed by atoms with E-state index in [0.29, 0.717) is 5.82 Å². The summed E-state index contributed by atoms with van der Waals surface area (Å²) >= 11 is 0. The van der Waals surface area contributed by atoms with Crippen LogP contribution in [-0.2, 0) is 12.7 Å². The van der Waals surface area contributed by atoms with Crippen LogP contribution < -0.4 is 10.9 Å². The number of amides is 1. The van der Waals surface area contributed by atoms with E-state index in [9.17, 15) is 22.8 Å². The van der Waals surface area contributed by atoms with E-state index in [0.717, 1.165) is 28.2 Å². The molecule has 3 rings (SSSR count). The third-order valence-corrected chi connectivity index (χ3v) is 4.17. The van der Waals surface area contributed by atoms with Crippen molar-refractivity contribution in [1.82, 2.24) is 24.9 Å². The molecular formula is C19H18F3N5O2. The second-order valence-electron chi connectivity index (χ2n) is 6.39. The smallest absolute Gasteiger partial charge is 0.350 e. The van der Waals surface area contributed by atoms with E-state index in [1.165, 1.54) is 24.3 Å². The Balaban J connectivity index is 1.73. The number of alkyl halides is 3. The number of hydrogen-bond donors (Lipinski definition) is 1. The van der Waals surface area contributed by atoms with Crippen LogP contribution in [0.2, 0.25) is 0 Å². The molecule has 1 aromatic carbocycles. The number of nitrogens with one attached hydrogen (secondary N) is 1. The summed E-state index contributed by atoms with van der Waals surface area (Å²) in [5, 5.41) is 10.9. The highest BCUT2D eigenvalue weighted by Crippen LogP contribution is 2.31. The first kappa shape index (κ1) is 20.3. The standard InChI is InChI=1S/C19H18F3N5O2/c1-12-11-13(2)27(24-12)16-7-8-17(28)26(25-16)10-9-23-18(29)14-5-3-4-6-15(14)19(20,21)22/h3-8,11H,9-10H2,1-2H3,(H,23,29). The minimum atomic E-state index is -4.64. The number of nitrogens with zero attached hydrogens (tertiary/aromatic N) is 4. The van der Waals surface area contributed by atoms with Crippen molar-refractivity contribution in [1.29, 1.82) is 0 Å². The lowest BCUT2D eigenvalue weighted by molar-refractivity contribution is -0.137. The molecule has 0 bridgehead atoms. The molecule has 0 saturated heterocycles. The van der Waals surface area contributed by atoms with Crippen LogP contribution in [-0.4, -0.2) is 32.0 Å². The third kappa shape index (κ3) is 4.53. The lowest BCUT2D eigenvalue weighted by Crippen LogP contribution is -2.33. The summed E-state index contributed by atoms with van der Waals surface area (Å²) in [6.45, 7) is 3.59. The SMILES string of the molecule is Cc1cc(C)n(-c2ccc(=O)n(CCNC(=O)c3ccccc3C(F)(F)F)n2)n1. The van der Waals surface area contributed by atoms with Gasteiger partial charge in [0.2, 0.25) is 0 Å². The molecule has 10 heteroatoms. The molecular weight excluding hydrogens is 387 g/mol. The van der Waals surface area contributed by atoms with Gasteiger partial charge in [-0.05, 0) is 38.1 Å². The molecule has 0 aliphatic carbocycles. The van der Waals surface area contributed by atoms with Crippen LogP contribution in [0.1, 0.15) is 27.3 Å². The maximum Gasteiger partial charge on any atom is 0.417 e. The maximum atomic E-state index is 13.0. The third-order valence-electron chi connectivity index (χ3n) is 4.17.